The Morgan fingerprint density at radius 3 is 2.73 bits per heavy atom. The van der Waals surface area contributed by atoms with Gasteiger partial charge in [0.25, 0.3) is 0 Å². The van der Waals surface area contributed by atoms with Crippen LogP contribution in [-0.4, -0.2) is 9.97 Å². The Morgan fingerprint density at radius 1 is 1.55 bits per heavy atom. The fraction of sp³-hybridized carbons (Fsp3) is 0.200. The third-order valence-corrected chi connectivity index (χ3v) is 1.58. The average molecular weight is 177 g/mol. The van der Waals surface area contributed by atoms with Gasteiger partial charge in [0.2, 0.25) is 0 Å². The van der Waals surface area contributed by atoms with Crippen molar-refractivity contribution in [3.8, 4) is 0 Å². The van der Waals surface area contributed by atoms with Crippen LogP contribution in [0.3, 0.4) is 0 Å². The van der Waals surface area contributed by atoms with Crippen LogP contribution in [0.4, 0.5) is 10.2 Å². The van der Waals surface area contributed by atoms with Gasteiger partial charge in [-0.05, 0) is 6.92 Å². The quantitative estimate of drug-likeness (QED) is 0.379. The van der Waals surface area contributed by atoms with Crippen molar-refractivity contribution in [2.75, 3.05) is 5.43 Å². The van der Waals surface area contributed by atoms with E-state index in [-0.39, 0.29) is 10.8 Å². The Balaban J connectivity index is 3.24. The largest absolute Gasteiger partial charge is 0.310 e. The number of nitrogens with two attached hydrogens (primary N) is 1. The number of anilines is 1. The fourth-order valence-corrected chi connectivity index (χ4v) is 0.760. The number of aryl methyl sites for hydroxylation is 1. The summed E-state index contributed by atoms with van der Waals surface area (Å²) in [5.41, 5.74) is 2.51. The second kappa shape index (κ2) is 2.98. The van der Waals surface area contributed by atoms with Crippen molar-refractivity contribution in [3.63, 3.8) is 0 Å². The molecule has 0 saturated carbocycles. The van der Waals surface area contributed by atoms with Gasteiger partial charge in [0.1, 0.15) is 5.02 Å². The van der Waals surface area contributed by atoms with Gasteiger partial charge in [-0.1, -0.05) is 11.6 Å². The molecule has 1 rings (SSSR count). The van der Waals surface area contributed by atoms with Crippen LogP contribution in [0, 0.1) is 13.0 Å². The molecule has 0 aliphatic heterocycles. The van der Waals surface area contributed by atoms with E-state index < -0.39 is 6.08 Å². The molecule has 0 fully saturated rings. The summed E-state index contributed by atoms with van der Waals surface area (Å²) in [5, 5.41) is 0.230. The van der Waals surface area contributed by atoms with Crippen molar-refractivity contribution < 1.29 is 4.39 Å². The zero-order valence-electron chi connectivity index (χ0n) is 5.73. The molecule has 0 aliphatic carbocycles. The van der Waals surface area contributed by atoms with Crippen LogP contribution in [0.5, 0.6) is 0 Å². The summed E-state index contributed by atoms with van der Waals surface area (Å²) >= 11 is 5.63. The van der Waals surface area contributed by atoms with Gasteiger partial charge in [-0.15, -0.1) is 0 Å². The molecule has 1 aromatic heterocycles. The number of rotatable bonds is 1. The Morgan fingerprint density at radius 2 is 2.18 bits per heavy atom. The van der Waals surface area contributed by atoms with Crippen LogP contribution in [0.25, 0.3) is 0 Å². The lowest BCUT2D eigenvalue weighted by Crippen LogP contribution is -2.11. The second-order valence-corrected chi connectivity index (χ2v) is 2.26. The molecule has 0 amide bonds. The Labute approximate surface area is 67.6 Å². The van der Waals surface area contributed by atoms with Crippen LogP contribution in [0.1, 0.15) is 5.69 Å². The fourth-order valence-electron chi connectivity index (χ4n) is 0.621. The van der Waals surface area contributed by atoms with E-state index in [1.165, 1.54) is 0 Å². The molecule has 0 aliphatic rings. The minimum Gasteiger partial charge on any atom is -0.307 e. The molecule has 0 radical (unpaired) electrons. The SMILES string of the molecule is Cc1nc(F)nc(NN)c1Cl. The van der Waals surface area contributed by atoms with Gasteiger partial charge in [0, 0.05) is 0 Å². The normalized spacial score (nSPS) is 9.82. The van der Waals surface area contributed by atoms with E-state index >= 15 is 0 Å². The van der Waals surface area contributed by atoms with Crippen LogP contribution in [0.2, 0.25) is 5.02 Å². The van der Waals surface area contributed by atoms with E-state index in [9.17, 15) is 4.39 Å². The van der Waals surface area contributed by atoms with E-state index in [2.05, 4.69) is 15.4 Å². The number of nitrogens with one attached hydrogen (secondary N) is 1. The van der Waals surface area contributed by atoms with Gasteiger partial charge in [0.15, 0.2) is 5.82 Å². The second-order valence-electron chi connectivity index (χ2n) is 1.88. The lowest BCUT2D eigenvalue weighted by atomic mass is 10.4. The molecule has 3 N–H and O–H groups in total. The molecule has 1 aromatic rings. The predicted molar refractivity (Wildman–Crippen MR) is 39.5 cm³/mol. The number of nitrogens with zero attached hydrogens (tertiary/aromatic N) is 2. The molecule has 60 valence electrons. The molecule has 1 heterocycles. The van der Waals surface area contributed by atoms with E-state index in [4.69, 9.17) is 17.4 Å². The summed E-state index contributed by atoms with van der Waals surface area (Å²) in [5.74, 6) is 5.09. The van der Waals surface area contributed by atoms with E-state index in [1.807, 2.05) is 0 Å². The number of aromatic nitrogens is 2. The van der Waals surface area contributed by atoms with Crippen molar-refractivity contribution in [3.05, 3.63) is 16.8 Å². The lowest BCUT2D eigenvalue weighted by molar-refractivity contribution is 0.536. The highest BCUT2D eigenvalue weighted by Gasteiger charge is 2.07. The number of hydrazine groups is 1. The Hall–Kier alpha value is -0.940. The zero-order valence-corrected chi connectivity index (χ0v) is 6.48. The van der Waals surface area contributed by atoms with Crippen LogP contribution in [-0.2, 0) is 0 Å². The first kappa shape index (κ1) is 8.16. The summed E-state index contributed by atoms with van der Waals surface area (Å²) in [6.45, 7) is 1.56. The molecule has 4 nitrogen and oxygen atoms in total. The minimum atomic E-state index is -0.847. The van der Waals surface area contributed by atoms with Crippen molar-refractivity contribution >= 4 is 17.4 Å². The van der Waals surface area contributed by atoms with Gasteiger partial charge in [-0.3, -0.25) is 0 Å². The van der Waals surface area contributed by atoms with Gasteiger partial charge in [-0.2, -0.15) is 9.37 Å². The number of halogens is 2. The van der Waals surface area contributed by atoms with Gasteiger partial charge >= 0.3 is 6.08 Å². The Kier molecular flexibility index (Phi) is 2.21. The molecule has 0 atom stereocenters. The summed E-state index contributed by atoms with van der Waals surface area (Å²) in [6, 6.07) is 0. The van der Waals surface area contributed by atoms with Crippen molar-refractivity contribution in [2.24, 2.45) is 5.84 Å². The highest BCUT2D eigenvalue weighted by molar-refractivity contribution is 6.33. The van der Waals surface area contributed by atoms with Crippen LogP contribution >= 0.6 is 11.6 Å². The van der Waals surface area contributed by atoms with Gasteiger partial charge in [-0.25, -0.2) is 10.8 Å². The summed E-state index contributed by atoms with van der Waals surface area (Å²) in [7, 11) is 0. The first-order chi connectivity index (χ1) is 5.15. The van der Waals surface area contributed by atoms with Gasteiger partial charge < -0.3 is 5.43 Å². The van der Waals surface area contributed by atoms with E-state index in [0.29, 0.717) is 5.69 Å². The van der Waals surface area contributed by atoms with Crippen molar-refractivity contribution in [1.82, 2.24) is 9.97 Å². The molecule has 0 saturated heterocycles. The average Bonchev–Trinajstić information content (AvgIpc) is 1.96. The predicted octanol–water partition coefficient (Wildman–Crippen LogP) is 0.863. The van der Waals surface area contributed by atoms with E-state index in [1.54, 1.807) is 6.92 Å². The zero-order chi connectivity index (χ0) is 8.43. The molecule has 11 heavy (non-hydrogen) atoms. The number of nitrogen functional groups attached to an aromatic ring is 1. The maximum atomic E-state index is 12.4. The molecule has 6 heteroatoms. The smallest absolute Gasteiger partial charge is 0.307 e. The first-order valence-electron chi connectivity index (χ1n) is 2.81. The van der Waals surface area contributed by atoms with Gasteiger partial charge in [0.05, 0.1) is 5.69 Å². The minimum absolute atomic E-state index is 0.0941. The molecular formula is C5H6ClFN4. The highest BCUT2D eigenvalue weighted by Crippen LogP contribution is 2.20. The number of hydrogen-bond acceptors (Lipinski definition) is 4. The summed E-state index contributed by atoms with van der Waals surface area (Å²) in [4.78, 5) is 6.68. The molecule has 0 unspecified atom stereocenters. The molecular weight excluding hydrogens is 171 g/mol. The monoisotopic (exact) mass is 176 g/mol. The van der Waals surface area contributed by atoms with E-state index in [0.717, 1.165) is 0 Å². The van der Waals surface area contributed by atoms with Crippen molar-refractivity contribution in [2.45, 2.75) is 6.92 Å². The third-order valence-electron chi connectivity index (χ3n) is 1.13. The maximum absolute atomic E-state index is 12.4. The summed E-state index contributed by atoms with van der Waals surface area (Å²) < 4.78 is 12.4. The molecule has 0 bridgehead atoms. The van der Waals surface area contributed by atoms with Crippen LogP contribution < -0.4 is 11.3 Å². The van der Waals surface area contributed by atoms with Crippen LogP contribution in [0.15, 0.2) is 0 Å². The summed E-state index contributed by atoms with van der Waals surface area (Å²) in [6.07, 6.45) is -0.847. The maximum Gasteiger partial charge on any atom is 0.310 e. The van der Waals surface area contributed by atoms with Crippen molar-refractivity contribution in [1.29, 1.82) is 0 Å². The standard InChI is InChI=1S/C5H6ClFN4/c1-2-3(6)4(11-8)10-5(7)9-2/h8H2,1H3,(H,9,10,11). The highest BCUT2D eigenvalue weighted by atomic mass is 35.5. The Bertz CT molecular complexity index is 277. The molecule has 0 aromatic carbocycles. The third kappa shape index (κ3) is 1.55. The lowest BCUT2D eigenvalue weighted by Gasteiger charge is -2.02. The topological polar surface area (TPSA) is 63.8 Å². The number of hydrogen-bond donors (Lipinski definition) is 2. The first-order valence-corrected chi connectivity index (χ1v) is 3.19. The molecule has 0 spiro atoms.